The van der Waals surface area contributed by atoms with Gasteiger partial charge in [-0.2, -0.15) is 5.10 Å². The van der Waals surface area contributed by atoms with E-state index in [1.165, 1.54) is 11.3 Å². The molecule has 0 fully saturated rings. The van der Waals surface area contributed by atoms with Crippen LogP contribution < -0.4 is 9.64 Å². The minimum absolute atomic E-state index is 0.0725. The first-order valence-corrected chi connectivity index (χ1v) is 10.6. The van der Waals surface area contributed by atoms with Crippen LogP contribution in [0.5, 0.6) is 5.75 Å². The molecule has 0 spiro atoms. The van der Waals surface area contributed by atoms with Crippen LogP contribution in [0.15, 0.2) is 18.2 Å². The van der Waals surface area contributed by atoms with Crippen LogP contribution in [0.3, 0.4) is 0 Å². The summed E-state index contributed by atoms with van der Waals surface area (Å²) in [4.78, 5) is 22.0. The van der Waals surface area contributed by atoms with E-state index < -0.39 is 0 Å². The number of rotatable bonds is 7. The molecule has 29 heavy (non-hydrogen) atoms. The Morgan fingerprint density at radius 1 is 1.31 bits per heavy atom. The molecular formula is C20H26ClN5O2S. The first-order valence-electron chi connectivity index (χ1n) is 9.38. The average Bonchev–Trinajstić information content (AvgIpc) is 3.26. The lowest BCUT2D eigenvalue weighted by Gasteiger charge is -2.22. The van der Waals surface area contributed by atoms with Crippen molar-refractivity contribution in [1.29, 1.82) is 0 Å². The highest BCUT2D eigenvalue weighted by molar-refractivity contribution is 7.23. The summed E-state index contributed by atoms with van der Waals surface area (Å²) in [5, 5.41) is 5.67. The Balaban J connectivity index is 2.10. The highest BCUT2D eigenvalue weighted by Gasteiger charge is 2.26. The van der Waals surface area contributed by atoms with Gasteiger partial charge in [0.15, 0.2) is 5.13 Å². The maximum Gasteiger partial charge on any atom is 0.278 e. The van der Waals surface area contributed by atoms with Gasteiger partial charge < -0.3 is 9.64 Å². The van der Waals surface area contributed by atoms with Gasteiger partial charge in [-0.1, -0.05) is 22.9 Å². The molecule has 0 atom stereocenters. The number of nitrogens with zero attached hydrogens (tertiary/aromatic N) is 5. The summed E-state index contributed by atoms with van der Waals surface area (Å²) in [7, 11) is 5.55. The molecule has 0 aliphatic rings. The van der Waals surface area contributed by atoms with Crippen LogP contribution in [0.1, 0.15) is 36.1 Å². The minimum Gasteiger partial charge on any atom is -0.494 e. The number of methoxy groups -OCH3 is 1. The summed E-state index contributed by atoms with van der Waals surface area (Å²) < 4.78 is 8.00. The fraction of sp³-hybridized carbons (Fsp3) is 0.450. The topological polar surface area (TPSA) is 63.5 Å². The second-order valence-electron chi connectivity index (χ2n) is 7.39. The molecule has 3 rings (SSSR count). The zero-order chi connectivity index (χ0) is 21.3. The number of halogens is 1. The first kappa shape index (κ1) is 21.5. The highest BCUT2D eigenvalue weighted by Crippen LogP contribution is 2.39. The average molecular weight is 436 g/mol. The Morgan fingerprint density at radius 2 is 2.03 bits per heavy atom. The normalized spacial score (nSPS) is 11.6. The monoisotopic (exact) mass is 435 g/mol. The number of likely N-dealkylation sites (N-methyl/N-ethyl adjacent to an activating group) is 1. The van der Waals surface area contributed by atoms with E-state index in [1.807, 2.05) is 45.8 Å². The van der Waals surface area contributed by atoms with Gasteiger partial charge in [0.25, 0.3) is 5.91 Å². The third kappa shape index (κ3) is 4.39. The van der Waals surface area contributed by atoms with Crippen LogP contribution in [-0.2, 0) is 0 Å². The number of ether oxygens (including phenoxy) is 1. The Kier molecular flexibility index (Phi) is 6.45. The van der Waals surface area contributed by atoms with Gasteiger partial charge >= 0.3 is 0 Å². The summed E-state index contributed by atoms with van der Waals surface area (Å²) in [6.07, 6.45) is 0. The van der Waals surface area contributed by atoms with Gasteiger partial charge in [-0.3, -0.25) is 14.4 Å². The SMILES string of the molecule is COc1ccc(Cl)c2sc(N(CCN(C)C)C(=O)c3cc(C)nn3C(C)C)nc12. The van der Waals surface area contributed by atoms with E-state index in [-0.39, 0.29) is 11.9 Å². The van der Waals surface area contributed by atoms with Crippen molar-refractivity contribution in [2.45, 2.75) is 26.8 Å². The van der Waals surface area contributed by atoms with E-state index in [1.54, 1.807) is 28.8 Å². The van der Waals surface area contributed by atoms with E-state index in [4.69, 9.17) is 21.3 Å². The van der Waals surface area contributed by atoms with Crippen molar-refractivity contribution >= 4 is 44.2 Å². The molecule has 0 bridgehead atoms. The smallest absolute Gasteiger partial charge is 0.278 e. The zero-order valence-electron chi connectivity index (χ0n) is 17.6. The lowest BCUT2D eigenvalue weighted by Crippen LogP contribution is -2.38. The second-order valence-corrected chi connectivity index (χ2v) is 8.78. The molecule has 0 radical (unpaired) electrons. The second kappa shape index (κ2) is 8.69. The maximum atomic E-state index is 13.6. The van der Waals surface area contributed by atoms with Crippen LogP contribution >= 0.6 is 22.9 Å². The molecule has 1 aromatic carbocycles. The molecule has 9 heteroatoms. The number of anilines is 1. The number of carbonyl (C=O) groups excluding carboxylic acids is 1. The maximum absolute atomic E-state index is 13.6. The van der Waals surface area contributed by atoms with Gasteiger partial charge in [-0.25, -0.2) is 4.98 Å². The highest BCUT2D eigenvalue weighted by atomic mass is 35.5. The van der Waals surface area contributed by atoms with Crippen molar-refractivity contribution in [3.63, 3.8) is 0 Å². The first-order chi connectivity index (χ1) is 13.7. The molecule has 0 N–H and O–H groups in total. The van der Waals surface area contributed by atoms with Gasteiger partial charge in [0.2, 0.25) is 0 Å². The summed E-state index contributed by atoms with van der Waals surface area (Å²) in [5.74, 6) is 0.505. The van der Waals surface area contributed by atoms with Gasteiger partial charge in [0.1, 0.15) is 17.0 Å². The lowest BCUT2D eigenvalue weighted by atomic mass is 10.3. The van der Waals surface area contributed by atoms with Crippen molar-refractivity contribution in [3.05, 3.63) is 34.6 Å². The zero-order valence-corrected chi connectivity index (χ0v) is 19.1. The quantitative estimate of drug-likeness (QED) is 0.555. The third-order valence-corrected chi connectivity index (χ3v) is 6.02. The van der Waals surface area contributed by atoms with Crippen molar-refractivity contribution < 1.29 is 9.53 Å². The molecule has 2 heterocycles. The number of aryl methyl sites for hydroxylation is 1. The van der Waals surface area contributed by atoms with E-state index >= 15 is 0 Å². The summed E-state index contributed by atoms with van der Waals surface area (Å²) in [5.41, 5.74) is 2.02. The molecule has 1 amide bonds. The Labute approximate surface area is 179 Å². The number of aromatic nitrogens is 3. The molecule has 0 aliphatic heterocycles. The van der Waals surface area contributed by atoms with Crippen molar-refractivity contribution in [2.75, 3.05) is 39.2 Å². The van der Waals surface area contributed by atoms with Crippen molar-refractivity contribution in [3.8, 4) is 5.75 Å². The van der Waals surface area contributed by atoms with Crippen LogP contribution in [-0.4, -0.2) is 59.9 Å². The van der Waals surface area contributed by atoms with E-state index in [2.05, 4.69) is 5.10 Å². The van der Waals surface area contributed by atoms with E-state index in [0.29, 0.717) is 40.2 Å². The van der Waals surface area contributed by atoms with Crippen LogP contribution in [0.2, 0.25) is 5.02 Å². The molecule has 0 aliphatic carbocycles. The van der Waals surface area contributed by atoms with Crippen LogP contribution in [0.4, 0.5) is 5.13 Å². The van der Waals surface area contributed by atoms with E-state index in [9.17, 15) is 4.79 Å². The molecule has 0 saturated heterocycles. The Hall–Kier alpha value is -2.16. The number of carbonyl (C=O) groups is 1. The summed E-state index contributed by atoms with van der Waals surface area (Å²) in [6.45, 7) is 7.10. The lowest BCUT2D eigenvalue weighted by molar-refractivity contribution is 0.0973. The fourth-order valence-corrected chi connectivity index (χ4v) is 4.29. The van der Waals surface area contributed by atoms with Crippen molar-refractivity contribution in [2.24, 2.45) is 0 Å². The molecular weight excluding hydrogens is 410 g/mol. The standard InChI is InChI=1S/C20H26ClN5O2S/c1-12(2)26-15(11-13(3)23-26)19(27)25(10-9-24(4)5)20-22-17-16(28-6)8-7-14(21)18(17)29-20/h7-8,11-12H,9-10H2,1-6H3. The molecule has 0 saturated carbocycles. The number of thiazole rings is 1. The number of hydrogen-bond acceptors (Lipinski definition) is 6. The summed E-state index contributed by atoms with van der Waals surface area (Å²) >= 11 is 7.78. The number of benzene rings is 1. The number of hydrogen-bond donors (Lipinski definition) is 0. The van der Waals surface area contributed by atoms with Crippen molar-refractivity contribution in [1.82, 2.24) is 19.7 Å². The van der Waals surface area contributed by atoms with Gasteiger partial charge in [-0.05, 0) is 53.1 Å². The Bertz CT molecular complexity index is 1030. The minimum atomic E-state index is -0.129. The molecule has 7 nitrogen and oxygen atoms in total. The number of amides is 1. The third-order valence-electron chi connectivity index (χ3n) is 4.48. The van der Waals surface area contributed by atoms with Crippen LogP contribution in [0.25, 0.3) is 10.2 Å². The van der Waals surface area contributed by atoms with Gasteiger partial charge in [0, 0.05) is 19.1 Å². The fourth-order valence-electron chi connectivity index (χ4n) is 3.01. The number of fused-ring (bicyclic) bond motifs is 1. The molecule has 156 valence electrons. The largest absolute Gasteiger partial charge is 0.494 e. The van der Waals surface area contributed by atoms with Gasteiger partial charge in [0.05, 0.1) is 22.5 Å². The molecule has 0 unspecified atom stereocenters. The van der Waals surface area contributed by atoms with Crippen LogP contribution in [0, 0.1) is 6.92 Å². The predicted octanol–water partition coefficient (Wildman–Crippen LogP) is 4.25. The Morgan fingerprint density at radius 3 is 2.66 bits per heavy atom. The predicted molar refractivity (Wildman–Crippen MR) is 119 cm³/mol. The van der Waals surface area contributed by atoms with Gasteiger partial charge in [-0.15, -0.1) is 0 Å². The summed E-state index contributed by atoms with van der Waals surface area (Å²) in [6, 6.07) is 5.47. The van der Waals surface area contributed by atoms with E-state index in [0.717, 1.165) is 10.4 Å². The molecule has 3 aromatic rings. The molecule has 2 aromatic heterocycles.